The first kappa shape index (κ1) is 15.1. The zero-order valence-electron chi connectivity index (χ0n) is 13.1. The molecule has 1 unspecified atom stereocenters. The van der Waals surface area contributed by atoms with Crippen molar-refractivity contribution in [2.75, 3.05) is 13.1 Å². The van der Waals surface area contributed by atoms with E-state index in [1.807, 2.05) is 6.92 Å². The molecular formula is C16H20N4OS2. The van der Waals surface area contributed by atoms with E-state index in [4.69, 9.17) is 0 Å². The molecule has 23 heavy (non-hydrogen) atoms. The maximum Gasteiger partial charge on any atom is 0.230 e. The van der Waals surface area contributed by atoms with Crippen molar-refractivity contribution < 1.29 is 5.11 Å². The van der Waals surface area contributed by atoms with Crippen LogP contribution in [0, 0.1) is 6.92 Å². The van der Waals surface area contributed by atoms with E-state index in [1.165, 1.54) is 31.2 Å². The molecule has 1 saturated heterocycles. The normalized spacial score (nSPS) is 18.3. The SMILES string of the molecule is Cc1nc2sc(C(c3ccsc3)N3CCCCCC3)c(O)n2n1. The summed E-state index contributed by atoms with van der Waals surface area (Å²) in [7, 11) is 0. The van der Waals surface area contributed by atoms with Gasteiger partial charge in [-0.2, -0.15) is 15.9 Å². The quantitative estimate of drug-likeness (QED) is 0.781. The second-order valence-electron chi connectivity index (χ2n) is 6.05. The lowest BCUT2D eigenvalue weighted by Crippen LogP contribution is -2.30. The predicted molar refractivity (Wildman–Crippen MR) is 93.5 cm³/mol. The number of fused-ring (bicyclic) bond motifs is 1. The lowest BCUT2D eigenvalue weighted by molar-refractivity contribution is 0.233. The Balaban J connectivity index is 1.79. The molecule has 1 aliphatic heterocycles. The van der Waals surface area contributed by atoms with Gasteiger partial charge in [0.25, 0.3) is 0 Å². The van der Waals surface area contributed by atoms with Crippen molar-refractivity contribution in [1.29, 1.82) is 0 Å². The van der Waals surface area contributed by atoms with Crippen LogP contribution in [0.4, 0.5) is 0 Å². The number of nitrogens with zero attached hydrogens (tertiary/aromatic N) is 4. The Labute approximate surface area is 143 Å². The summed E-state index contributed by atoms with van der Waals surface area (Å²) >= 11 is 3.26. The van der Waals surface area contributed by atoms with Crippen molar-refractivity contribution in [3.8, 4) is 5.88 Å². The summed E-state index contributed by atoms with van der Waals surface area (Å²) in [5, 5.41) is 19.3. The summed E-state index contributed by atoms with van der Waals surface area (Å²) < 4.78 is 1.58. The highest BCUT2D eigenvalue weighted by Gasteiger charge is 2.29. The Kier molecular flexibility index (Phi) is 4.09. The molecule has 0 amide bonds. The van der Waals surface area contributed by atoms with E-state index >= 15 is 0 Å². The lowest BCUT2D eigenvalue weighted by atomic mass is 10.1. The molecule has 4 heterocycles. The number of rotatable bonds is 3. The number of likely N-dealkylation sites (tertiary alicyclic amines) is 1. The number of thiophene rings is 1. The highest BCUT2D eigenvalue weighted by atomic mass is 32.1. The Morgan fingerprint density at radius 2 is 2.00 bits per heavy atom. The van der Waals surface area contributed by atoms with Crippen molar-refractivity contribution in [3.63, 3.8) is 0 Å². The largest absolute Gasteiger partial charge is 0.492 e. The van der Waals surface area contributed by atoms with Gasteiger partial charge in [-0.25, -0.2) is 4.98 Å². The van der Waals surface area contributed by atoms with Gasteiger partial charge in [-0.3, -0.25) is 4.90 Å². The summed E-state index contributed by atoms with van der Waals surface area (Å²) in [6, 6.07) is 2.27. The molecule has 3 aromatic rings. The molecule has 7 heteroatoms. The number of hydrogen-bond donors (Lipinski definition) is 1. The molecule has 5 nitrogen and oxygen atoms in total. The minimum atomic E-state index is 0.105. The Bertz CT molecular complexity index is 785. The fraction of sp³-hybridized carbons (Fsp3) is 0.500. The van der Waals surface area contributed by atoms with E-state index in [1.54, 1.807) is 27.2 Å². The average molecular weight is 348 g/mol. The molecule has 0 aromatic carbocycles. The van der Waals surface area contributed by atoms with E-state index in [0.29, 0.717) is 5.82 Å². The molecule has 1 fully saturated rings. The topological polar surface area (TPSA) is 53.7 Å². The first-order valence-corrected chi connectivity index (χ1v) is 9.81. The third-order valence-electron chi connectivity index (χ3n) is 4.42. The van der Waals surface area contributed by atoms with Gasteiger partial charge in [-0.1, -0.05) is 24.2 Å². The van der Waals surface area contributed by atoms with Crippen LogP contribution < -0.4 is 0 Å². The van der Waals surface area contributed by atoms with Gasteiger partial charge >= 0.3 is 0 Å². The molecule has 0 bridgehead atoms. The highest BCUT2D eigenvalue weighted by Crippen LogP contribution is 2.41. The molecule has 1 N–H and O–H groups in total. The summed E-state index contributed by atoms with van der Waals surface area (Å²) in [5.41, 5.74) is 1.26. The average Bonchev–Trinajstić information content (AvgIpc) is 3.17. The van der Waals surface area contributed by atoms with Gasteiger partial charge in [0.2, 0.25) is 10.8 Å². The Hall–Kier alpha value is -1.44. The third kappa shape index (κ3) is 2.77. The summed E-state index contributed by atoms with van der Waals surface area (Å²) in [6.07, 6.45) is 5.04. The Morgan fingerprint density at radius 1 is 1.22 bits per heavy atom. The van der Waals surface area contributed by atoms with Gasteiger partial charge in [0.05, 0.1) is 10.9 Å². The fourth-order valence-electron chi connectivity index (χ4n) is 3.34. The zero-order valence-corrected chi connectivity index (χ0v) is 14.7. The van der Waals surface area contributed by atoms with Crippen LogP contribution in [0.2, 0.25) is 0 Å². The number of thiazole rings is 1. The van der Waals surface area contributed by atoms with Crippen LogP contribution in [-0.4, -0.2) is 37.7 Å². The van der Waals surface area contributed by atoms with Crippen LogP contribution in [0.1, 0.15) is 48.0 Å². The molecule has 4 rings (SSSR count). The molecule has 1 aliphatic rings. The molecule has 0 saturated carbocycles. The molecule has 122 valence electrons. The minimum absolute atomic E-state index is 0.105. The summed E-state index contributed by atoms with van der Waals surface area (Å²) in [5.74, 6) is 0.936. The van der Waals surface area contributed by atoms with Crippen LogP contribution in [0.15, 0.2) is 16.8 Å². The summed E-state index contributed by atoms with van der Waals surface area (Å²) in [4.78, 5) is 8.65. The summed E-state index contributed by atoms with van der Waals surface area (Å²) in [6.45, 7) is 4.00. The minimum Gasteiger partial charge on any atom is -0.492 e. The van der Waals surface area contributed by atoms with Crippen LogP contribution in [0.5, 0.6) is 5.88 Å². The number of hydrogen-bond acceptors (Lipinski definition) is 6. The first-order valence-electron chi connectivity index (χ1n) is 8.05. The highest BCUT2D eigenvalue weighted by molar-refractivity contribution is 7.17. The van der Waals surface area contributed by atoms with Crippen molar-refractivity contribution in [3.05, 3.63) is 33.1 Å². The monoisotopic (exact) mass is 348 g/mol. The molecule has 0 radical (unpaired) electrons. The lowest BCUT2D eigenvalue weighted by Gasteiger charge is -2.29. The maximum absolute atomic E-state index is 10.7. The van der Waals surface area contributed by atoms with Crippen LogP contribution >= 0.6 is 22.7 Å². The van der Waals surface area contributed by atoms with Crippen molar-refractivity contribution in [1.82, 2.24) is 19.5 Å². The van der Waals surface area contributed by atoms with Gasteiger partial charge in [0.15, 0.2) is 0 Å². The van der Waals surface area contributed by atoms with Gasteiger partial charge in [-0.15, -0.1) is 5.10 Å². The molecule has 0 spiro atoms. The molecule has 1 atom stereocenters. The van der Waals surface area contributed by atoms with Gasteiger partial charge in [0, 0.05) is 0 Å². The number of aromatic nitrogens is 3. The second-order valence-corrected chi connectivity index (χ2v) is 7.84. The predicted octanol–water partition coefficient (Wildman–Crippen LogP) is 3.83. The van der Waals surface area contributed by atoms with Crippen molar-refractivity contribution in [2.24, 2.45) is 0 Å². The second kappa shape index (κ2) is 6.22. The van der Waals surface area contributed by atoms with E-state index in [0.717, 1.165) is 22.9 Å². The fourth-order valence-corrected chi connectivity index (χ4v) is 5.18. The van der Waals surface area contributed by atoms with Crippen LogP contribution in [0.3, 0.4) is 0 Å². The smallest absolute Gasteiger partial charge is 0.230 e. The maximum atomic E-state index is 10.7. The zero-order chi connectivity index (χ0) is 15.8. The number of aryl methyl sites for hydroxylation is 1. The van der Waals surface area contributed by atoms with E-state index in [9.17, 15) is 5.11 Å². The molecule has 0 aliphatic carbocycles. The van der Waals surface area contributed by atoms with Gasteiger partial charge in [-0.05, 0) is 55.2 Å². The number of aromatic hydroxyl groups is 1. The standard InChI is InChI=1S/C16H20N4OS2/c1-11-17-16-20(18-11)15(21)14(23-16)13(12-6-9-22-10-12)19-7-4-2-3-5-8-19/h6,9-10,13,21H,2-5,7-8H2,1H3. The molecular weight excluding hydrogens is 328 g/mol. The van der Waals surface area contributed by atoms with Gasteiger partial charge in [0.1, 0.15) is 5.82 Å². The van der Waals surface area contributed by atoms with Crippen LogP contribution in [0.25, 0.3) is 4.96 Å². The van der Waals surface area contributed by atoms with E-state index in [2.05, 4.69) is 31.8 Å². The van der Waals surface area contributed by atoms with Gasteiger partial charge < -0.3 is 5.11 Å². The van der Waals surface area contributed by atoms with Crippen LogP contribution in [-0.2, 0) is 0 Å². The first-order chi connectivity index (χ1) is 11.2. The van der Waals surface area contributed by atoms with Crippen molar-refractivity contribution in [2.45, 2.75) is 38.6 Å². The van der Waals surface area contributed by atoms with E-state index < -0.39 is 0 Å². The van der Waals surface area contributed by atoms with Crippen molar-refractivity contribution >= 4 is 27.6 Å². The molecule has 3 aromatic heterocycles. The third-order valence-corrected chi connectivity index (χ3v) is 6.19. The van der Waals surface area contributed by atoms with E-state index in [-0.39, 0.29) is 11.9 Å². The Morgan fingerprint density at radius 3 is 2.65 bits per heavy atom.